The zero-order valence-electron chi connectivity index (χ0n) is 9.98. The lowest BCUT2D eigenvalue weighted by atomic mass is 9.68. The van der Waals surface area contributed by atoms with Crippen molar-refractivity contribution in [3.8, 4) is 0 Å². The highest BCUT2D eigenvalue weighted by Crippen LogP contribution is 2.57. The van der Waals surface area contributed by atoms with Crippen LogP contribution in [0.15, 0.2) is 24.8 Å². The Balaban J connectivity index is 2.02. The second-order valence-electron chi connectivity index (χ2n) is 5.77. The Hall–Kier alpha value is -1.38. The van der Waals surface area contributed by atoms with Gasteiger partial charge in [-0.05, 0) is 30.1 Å². The zero-order valence-corrected chi connectivity index (χ0v) is 9.98. The molecule has 3 aliphatic rings. The Kier molecular flexibility index (Phi) is 2.09. The first-order valence-corrected chi connectivity index (χ1v) is 6.22. The van der Waals surface area contributed by atoms with Gasteiger partial charge in [-0.3, -0.25) is 14.9 Å². The lowest BCUT2D eigenvalue weighted by Gasteiger charge is -2.36. The van der Waals surface area contributed by atoms with Gasteiger partial charge < -0.3 is 0 Å². The molecule has 3 nitrogen and oxygen atoms in total. The van der Waals surface area contributed by atoms with Gasteiger partial charge in [-0.25, -0.2) is 0 Å². The summed E-state index contributed by atoms with van der Waals surface area (Å²) in [6, 6.07) is 0. The summed E-state index contributed by atoms with van der Waals surface area (Å²) in [7, 11) is 0. The number of carbonyl (C=O) groups excluding carboxylic acids is 2. The summed E-state index contributed by atoms with van der Waals surface area (Å²) in [6.07, 6.45) is 8.09. The molecule has 90 valence electrons. The van der Waals surface area contributed by atoms with Crippen LogP contribution in [0, 0.1) is 29.1 Å². The highest BCUT2D eigenvalue weighted by atomic mass is 16.2. The Bertz CT molecular complexity index is 440. The normalized spacial score (nSPS) is 46.9. The number of allylic oxidation sites excluding steroid dienone is 3. The van der Waals surface area contributed by atoms with E-state index in [4.69, 9.17) is 0 Å². The minimum atomic E-state index is -0.118. The molecule has 2 fully saturated rings. The number of carbonyl (C=O) groups is 2. The number of imide groups is 1. The van der Waals surface area contributed by atoms with Crippen LogP contribution in [-0.2, 0) is 9.59 Å². The summed E-state index contributed by atoms with van der Waals surface area (Å²) in [6.45, 7) is 5.97. The first-order chi connectivity index (χ1) is 8.07. The molecule has 5 unspecified atom stereocenters. The summed E-state index contributed by atoms with van der Waals surface area (Å²) in [5.74, 6) is 0.177. The number of hydrogen-bond donors (Lipinski definition) is 1. The van der Waals surface area contributed by atoms with E-state index >= 15 is 0 Å². The quantitative estimate of drug-likeness (QED) is 0.580. The van der Waals surface area contributed by atoms with Gasteiger partial charge in [-0.2, -0.15) is 0 Å². The van der Waals surface area contributed by atoms with Gasteiger partial charge in [0.25, 0.3) is 0 Å². The molecule has 1 saturated heterocycles. The number of fused-ring (bicyclic) bond motifs is 5. The van der Waals surface area contributed by atoms with Crippen molar-refractivity contribution < 1.29 is 9.59 Å². The summed E-state index contributed by atoms with van der Waals surface area (Å²) in [4.78, 5) is 23.7. The first kappa shape index (κ1) is 10.8. The fourth-order valence-electron chi connectivity index (χ4n) is 3.97. The van der Waals surface area contributed by atoms with Crippen molar-refractivity contribution in [2.45, 2.75) is 19.8 Å². The molecule has 0 aromatic carbocycles. The topological polar surface area (TPSA) is 46.2 Å². The predicted molar refractivity (Wildman–Crippen MR) is 63.8 cm³/mol. The molecule has 0 aromatic heterocycles. The Morgan fingerprint density at radius 2 is 2.18 bits per heavy atom. The summed E-state index contributed by atoms with van der Waals surface area (Å²) in [5, 5.41) is 2.49. The maximum absolute atomic E-state index is 11.9. The van der Waals surface area contributed by atoms with Crippen molar-refractivity contribution in [1.29, 1.82) is 0 Å². The minimum Gasteiger partial charge on any atom is -0.296 e. The molecule has 3 heteroatoms. The van der Waals surface area contributed by atoms with Crippen molar-refractivity contribution in [3.05, 3.63) is 24.8 Å². The number of hydrogen-bond acceptors (Lipinski definition) is 2. The average Bonchev–Trinajstić information content (AvgIpc) is 2.74. The van der Waals surface area contributed by atoms with E-state index in [1.165, 1.54) is 0 Å². The van der Waals surface area contributed by atoms with Crippen LogP contribution in [0.2, 0.25) is 0 Å². The van der Waals surface area contributed by atoms with E-state index in [2.05, 4.69) is 31.0 Å². The van der Waals surface area contributed by atoms with E-state index < -0.39 is 0 Å². The molecule has 5 atom stereocenters. The molecule has 2 amide bonds. The Labute approximate surface area is 101 Å². The molecular formula is C14H17NO2. The van der Waals surface area contributed by atoms with E-state index in [1.807, 2.05) is 6.08 Å². The highest BCUT2D eigenvalue weighted by molar-refractivity contribution is 6.06. The summed E-state index contributed by atoms with van der Waals surface area (Å²) in [5.41, 5.74) is -0.0143. The molecule has 2 aliphatic carbocycles. The van der Waals surface area contributed by atoms with Crippen LogP contribution in [0.3, 0.4) is 0 Å². The molecular weight excluding hydrogens is 214 g/mol. The Morgan fingerprint density at radius 3 is 2.88 bits per heavy atom. The van der Waals surface area contributed by atoms with Crippen LogP contribution in [0.5, 0.6) is 0 Å². The predicted octanol–water partition coefficient (Wildman–Crippen LogP) is 1.66. The molecule has 17 heavy (non-hydrogen) atoms. The summed E-state index contributed by atoms with van der Waals surface area (Å²) < 4.78 is 0. The van der Waals surface area contributed by atoms with Gasteiger partial charge >= 0.3 is 0 Å². The average molecular weight is 231 g/mol. The van der Waals surface area contributed by atoms with Crippen LogP contribution in [-0.4, -0.2) is 11.8 Å². The third kappa shape index (κ3) is 1.28. The standard InChI is InChI=1S/C14H17NO2/c1-3-5-14(2)6-4-8-7-9(14)11-10(8)12(16)15-13(11)17/h3-4,6,8-11H,1,5,7H2,2H3,(H,15,16,17). The molecule has 0 radical (unpaired) electrons. The number of amides is 2. The second-order valence-corrected chi connectivity index (χ2v) is 5.77. The SMILES string of the molecule is C=CCC1(C)C=CC2CC1C1C(=O)NC(=O)C21. The van der Waals surface area contributed by atoms with Gasteiger partial charge in [0.1, 0.15) is 0 Å². The van der Waals surface area contributed by atoms with Crippen LogP contribution in [0.4, 0.5) is 0 Å². The molecule has 0 aromatic rings. The fraction of sp³-hybridized carbons (Fsp3) is 0.571. The van der Waals surface area contributed by atoms with Crippen molar-refractivity contribution in [2.24, 2.45) is 29.1 Å². The summed E-state index contributed by atoms with van der Waals surface area (Å²) >= 11 is 0. The van der Waals surface area contributed by atoms with Crippen LogP contribution in [0.25, 0.3) is 0 Å². The second kappa shape index (κ2) is 3.31. The lowest BCUT2D eigenvalue weighted by molar-refractivity contribution is -0.127. The van der Waals surface area contributed by atoms with Crippen LogP contribution in [0.1, 0.15) is 19.8 Å². The van der Waals surface area contributed by atoms with Crippen molar-refractivity contribution in [2.75, 3.05) is 0 Å². The lowest BCUT2D eigenvalue weighted by Crippen LogP contribution is -2.35. The third-order valence-electron chi connectivity index (χ3n) is 4.82. The number of rotatable bonds is 2. The van der Waals surface area contributed by atoms with E-state index in [0.717, 1.165) is 12.8 Å². The van der Waals surface area contributed by atoms with Crippen LogP contribution < -0.4 is 5.32 Å². The molecule has 1 N–H and O–H groups in total. The van der Waals surface area contributed by atoms with Gasteiger partial charge in [0.05, 0.1) is 11.8 Å². The molecule has 1 heterocycles. The van der Waals surface area contributed by atoms with Gasteiger partial charge in [0.2, 0.25) is 11.8 Å². The molecule has 0 spiro atoms. The van der Waals surface area contributed by atoms with Gasteiger partial charge in [-0.15, -0.1) is 6.58 Å². The zero-order chi connectivity index (χ0) is 12.2. The maximum Gasteiger partial charge on any atom is 0.231 e. The molecule has 2 bridgehead atoms. The van der Waals surface area contributed by atoms with Crippen molar-refractivity contribution in [1.82, 2.24) is 5.32 Å². The largest absolute Gasteiger partial charge is 0.296 e. The molecule has 1 saturated carbocycles. The third-order valence-corrected chi connectivity index (χ3v) is 4.82. The maximum atomic E-state index is 11.9. The number of nitrogens with one attached hydrogen (secondary N) is 1. The van der Waals surface area contributed by atoms with Gasteiger partial charge in [-0.1, -0.05) is 25.2 Å². The first-order valence-electron chi connectivity index (χ1n) is 6.22. The van der Waals surface area contributed by atoms with E-state index in [9.17, 15) is 9.59 Å². The van der Waals surface area contributed by atoms with Crippen molar-refractivity contribution >= 4 is 11.8 Å². The van der Waals surface area contributed by atoms with Crippen molar-refractivity contribution in [3.63, 3.8) is 0 Å². The van der Waals surface area contributed by atoms with E-state index in [0.29, 0.717) is 0 Å². The van der Waals surface area contributed by atoms with Crippen LogP contribution >= 0.6 is 0 Å². The van der Waals surface area contributed by atoms with Gasteiger partial charge in [0.15, 0.2) is 0 Å². The fourth-order valence-corrected chi connectivity index (χ4v) is 3.97. The van der Waals surface area contributed by atoms with E-state index in [-0.39, 0.29) is 40.9 Å². The monoisotopic (exact) mass is 231 g/mol. The highest BCUT2D eigenvalue weighted by Gasteiger charge is 2.59. The minimum absolute atomic E-state index is 0.0143. The van der Waals surface area contributed by atoms with Gasteiger partial charge in [0, 0.05) is 0 Å². The Morgan fingerprint density at radius 1 is 1.47 bits per heavy atom. The smallest absolute Gasteiger partial charge is 0.231 e. The molecule has 1 aliphatic heterocycles. The van der Waals surface area contributed by atoms with E-state index in [1.54, 1.807) is 0 Å². The molecule has 3 rings (SSSR count).